The first-order valence-electron chi connectivity index (χ1n) is 14.3. The van der Waals surface area contributed by atoms with E-state index in [1.807, 2.05) is 37.6 Å². The second-order valence-electron chi connectivity index (χ2n) is 11.5. The van der Waals surface area contributed by atoms with Gasteiger partial charge in [0.05, 0.1) is 35.2 Å². The smallest absolute Gasteiger partial charge is 0.375 e. The van der Waals surface area contributed by atoms with E-state index in [4.69, 9.17) is 4.74 Å². The number of amides is 1. The van der Waals surface area contributed by atoms with Gasteiger partial charge in [0, 0.05) is 81.1 Å². The fourth-order valence-electron chi connectivity index (χ4n) is 5.61. The molecule has 0 radical (unpaired) electrons. The number of nitrogens with zero attached hydrogens (tertiary/aromatic N) is 6. The first kappa shape index (κ1) is 31.4. The zero-order valence-corrected chi connectivity index (χ0v) is 25.2. The van der Waals surface area contributed by atoms with Gasteiger partial charge in [-0.1, -0.05) is 0 Å². The third kappa shape index (κ3) is 6.41. The summed E-state index contributed by atoms with van der Waals surface area (Å²) in [5.74, 6) is -1.23. The third-order valence-electron chi connectivity index (χ3n) is 8.29. The van der Waals surface area contributed by atoms with Crippen LogP contribution in [0.4, 0.5) is 34.9 Å². The van der Waals surface area contributed by atoms with E-state index in [1.165, 1.54) is 31.6 Å². The number of halogens is 4. The molecule has 1 amide bonds. The van der Waals surface area contributed by atoms with Gasteiger partial charge in [-0.3, -0.25) is 14.5 Å². The summed E-state index contributed by atoms with van der Waals surface area (Å²) in [4.78, 5) is 40.3. The van der Waals surface area contributed by atoms with Crippen LogP contribution in [0.5, 0.6) is 0 Å². The molecule has 14 heteroatoms. The number of aryl methyl sites for hydroxylation is 1. The highest BCUT2D eigenvalue weighted by Crippen LogP contribution is 2.37. The minimum Gasteiger partial charge on any atom is -0.375 e. The summed E-state index contributed by atoms with van der Waals surface area (Å²) in [5.41, 5.74) is -2.17. The normalized spacial score (nSPS) is 21.4. The molecule has 0 saturated carbocycles. The average Bonchev–Trinajstić information content (AvgIpc) is 2.97. The molecule has 10 nitrogen and oxygen atoms in total. The highest BCUT2D eigenvalue weighted by molar-refractivity contribution is 6.07. The fourth-order valence-corrected chi connectivity index (χ4v) is 5.61. The maximum Gasteiger partial charge on any atom is 0.417 e. The summed E-state index contributed by atoms with van der Waals surface area (Å²) >= 11 is 0. The predicted octanol–water partition coefficient (Wildman–Crippen LogP) is 4.01. The molecule has 2 fully saturated rings. The van der Waals surface area contributed by atoms with Crippen molar-refractivity contribution in [1.29, 1.82) is 0 Å². The van der Waals surface area contributed by atoms with Crippen molar-refractivity contribution in [3.8, 4) is 11.1 Å². The Labute approximate surface area is 252 Å². The number of carbonyl (C=O) groups is 1. The van der Waals surface area contributed by atoms with Gasteiger partial charge in [0.1, 0.15) is 5.82 Å². The molecule has 5 rings (SSSR count). The van der Waals surface area contributed by atoms with Gasteiger partial charge < -0.3 is 24.4 Å². The maximum absolute atomic E-state index is 15.8. The lowest BCUT2D eigenvalue weighted by atomic mass is 10.0. The summed E-state index contributed by atoms with van der Waals surface area (Å²) in [5, 5.41) is 2.59. The van der Waals surface area contributed by atoms with Crippen molar-refractivity contribution in [1.82, 2.24) is 19.4 Å². The molecule has 4 heterocycles. The molecular weight excluding hydrogens is 582 g/mol. The Kier molecular flexibility index (Phi) is 8.67. The van der Waals surface area contributed by atoms with E-state index in [1.54, 1.807) is 0 Å². The van der Waals surface area contributed by atoms with Crippen molar-refractivity contribution in [2.75, 3.05) is 55.0 Å². The first-order valence-corrected chi connectivity index (χ1v) is 14.3. The van der Waals surface area contributed by atoms with Gasteiger partial charge in [0.25, 0.3) is 11.5 Å². The van der Waals surface area contributed by atoms with Crippen LogP contribution in [0, 0.1) is 5.82 Å². The Morgan fingerprint density at radius 1 is 1.00 bits per heavy atom. The summed E-state index contributed by atoms with van der Waals surface area (Å²) < 4.78 is 63.9. The second kappa shape index (κ2) is 12.2. The number of hydrogen-bond acceptors (Lipinski definition) is 8. The zero-order valence-electron chi connectivity index (χ0n) is 25.2. The van der Waals surface area contributed by atoms with E-state index < -0.39 is 34.6 Å². The van der Waals surface area contributed by atoms with Crippen LogP contribution in [-0.2, 0) is 18.0 Å². The van der Waals surface area contributed by atoms with Crippen LogP contribution in [-0.4, -0.2) is 83.4 Å². The quantitative estimate of drug-likeness (QED) is 0.430. The van der Waals surface area contributed by atoms with E-state index in [0.717, 1.165) is 10.8 Å². The number of hydrogen-bond donors (Lipinski definition) is 1. The number of alkyl halides is 3. The lowest BCUT2D eigenvalue weighted by Gasteiger charge is -2.44. The number of anilines is 3. The van der Waals surface area contributed by atoms with Crippen molar-refractivity contribution in [3.05, 3.63) is 64.1 Å². The maximum atomic E-state index is 15.8. The minimum absolute atomic E-state index is 0.00749. The number of aromatic nitrogens is 3. The summed E-state index contributed by atoms with van der Waals surface area (Å²) in [6, 6.07) is 3.21. The number of benzene rings is 1. The van der Waals surface area contributed by atoms with Crippen LogP contribution < -0.4 is 20.7 Å². The molecule has 2 aliphatic rings. The zero-order chi connectivity index (χ0) is 31.9. The molecule has 3 atom stereocenters. The number of nitrogens with one attached hydrogen (secondary N) is 1. The van der Waals surface area contributed by atoms with Crippen molar-refractivity contribution in [3.63, 3.8) is 0 Å². The van der Waals surface area contributed by atoms with E-state index in [-0.39, 0.29) is 29.4 Å². The Hall–Kier alpha value is -4.04. The average molecular weight is 618 g/mol. The van der Waals surface area contributed by atoms with Crippen LogP contribution in [0.15, 0.2) is 41.6 Å². The molecule has 236 valence electrons. The van der Waals surface area contributed by atoms with Gasteiger partial charge >= 0.3 is 6.18 Å². The van der Waals surface area contributed by atoms with Crippen molar-refractivity contribution >= 4 is 23.2 Å². The molecule has 2 saturated heterocycles. The molecule has 0 aliphatic carbocycles. The van der Waals surface area contributed by atoms with Crippen LogP contribution in [0.1, 0.15) is 36.7 Å². The predicted molar refractivity (Wildman–Crippen MR) is 159 cm³/mol. The molecule has 1 N–H and O–H groups in total. The van der Waals surface area contributed by atoms with Gasteiger partial charge in [0.2, 0.25) is 5.95 Å². The van der Waals surface area contributed by atoms with Crippen LogP contribution in [0.3, 0.4) is 0 Å². The van der Waals surface area contributed by atoms with Gasteiger partial charge in [-0.25, -0.2) is 14.4 Å². The number of likely N-dealkylation sites (N-methyl/N-ethyl adjacent to an activating group) is 1. The summed E-state index contributed by atoms with van der Waals surface area (Å²) in [6.07, 6.45) is -1.14. The van der Waals surface area contributed by atoms with E-state index in [0.29, 0.717) is 56.1 Å². The monoisotopic (exact) mass is 617 g/mol. The molecule has 2 aromatic heterocycles. The molecule has 44 heavy (non-hydrogen) atoms. The third-order valence-corrected chi connectivity index (χ3v) is 8.29. The Morgan fingerprint density at radius 3 is 2.27 bits per heavy atom. The summed E-state index contributed by atoms with van der Waals surface area (Å²) in [7, 11) is 3.24. The topological polar surface area (TPSA) is 95.8 Å². The van der Waals surface area contributed by atoms with Crippen LogP contribution in [0.2, 0.25) is 0 Å². The molecule has 3 aromatic rings. The molecule has 2 aliphatic heterocycles. The summed E-state index contributed by atoms with van der Waals surface area (Å²) in [6.45, 7) is 8.70. The molecule has 3 unspecified atom stereocenters. The number of piperazine rings is 1. The Bertz CT molecular complexity index is 1580. The first-order chi connectivity index (χ1) is 20.7. The van der Waals surface area contributed by atoms with Gasteiger partial charge in [0.15, 0.2) is 0 Å². The molecule has 1 aromatic carbocycles. The van der Waals surface area contributed by atoms with E-state index in [9.17, 15) is 22.8 Å². The van der Waals surface area contributed by atoms with E-state index in [2.05, 4.69) is 20.2 Å². The number of carbonyl (C=O) groups excluding carboxylic acids is 1. The number of morpholine rings is 1. The highest BCUT2D eigenvalue weighted by atomic mass is 19.4. The molecule has 0 bridgehead atoms. The lowest BCUT2D eigenvalue weighted by molar-refractivity contribution is -0.138. The SMILES string of the molecule is CC1CN(c2ncc(-c3cc(NC(=O)c4cn(C)c(=O)cc4C(F)(F)F)c(N4CC(C)N(C)C(C)C4)cc3F)cn2)CCO1. The molecule has 0 spiro atoms. The fraction of sp³-hybridized carbons (Fsp3) is 0.467. The number of ether oxygens (including phenoxy) is 1. The second-order valence-corrected chi connectivity index (χ2v) is 11.5. The Morgan fingerprint density at radius 2 is 1.66 bits per heavy atom. The van der Waals surface area contributed by atoms with Crippen molar-refractivity contribution in [2.45, 2.75) is 45.1 Å². The minimum atomic E-state index is -4.95. The number of pyridine rings is 1. The lowest BCUT2D eigenvalue weighted by Crippen LogP contribution is -2.55. The van der Waals surface area contributed by atoms with Crippen LogP contribution in [0.25, 0.3) is 11.1 Å². The number of rotatable bonds is 5. The van der Waals surface area contributed by atoms with Crippen molar-refractivity contribution < 1.29 is 27.1 Å². The van der Waals surface area contributed by atoms with Crippen LogP contribution >= 0.6 is 0 Å². The van der Waals surface area contributed by atoms with Gasteiger partial charge in [-0.2, -0.15) is 13.2 Å². The van der Waals surface area contributed by atoms with Gasteiger partial charge in [-0.15, -0.1) is 0 Å². The largest absolute Gasteiger partial charge is 0.417 e. The standard InChI is InChI=1S/C30H35F4N7O3/c1-17-13-41(14-18(2)39(17)5)26-10-24(31)21(20-11-35-29(36-12-20)40-6-7-44-19(3)15-40)8-25(26)37-28(43)22-16-38(4)27(42)9-23(22)30(32,33)34/h8-12,16-19H,6-7,13-15H2,1-5H3,(H,37,43). The van der Waals surface area contributed by atoms with Gasteiger partial charge in [-0.05, 0) is 40.0 Å². The van der Waals surface area contributed by atoms with E-state index >= 15 is 4.39 Å². The highest BCUT2D eigenvalue weighted by Gasteiger charge is 2.37. The Balaban J connectivity index is 1.55. The molecular formula is C30H35F4N7O3. The van der Waals surface area contributed by atoms with Crippen molar-refractivity contribution in [2.24, 2.45) is 7.05 Å².